The molecule has 3 aromatic rings. The molecule has 0 unspecified atom stereocenters. The monoisotopic (exact) mass is 328 g/mol. The normalized spacial score (nSPS) is 10.4. The molecule has 0 bridgehead atoms. The Hall–Kier alpha value is -3.33. The van der Waals surface area contributed by atoms with Crippen LogP contribution in [-0.2, 0) is 0 Å². The topological polar surface area (TPSA) is 51.2 Å². The van der Waals surface area contributed by atoms with E-state index < -0.39 is 5.92 Å². The van der Waals surface area contributed by atoms with E-state index in [1.807, 2.05) is 12.1 Å². The molecule has 25 heavy (non-hydrogen) atoms. The SMILES string of the molecule is O=Cc1ccccc1C(C(=O)c1ccccc1)C(=O)c1ccccc1. The Labute approximate surface area is 145 Å². The van der Waals surface area contributed by atoms with Gasteiger partial charge in [0.25, 0.3) is 0 Å². The average Bonchev–Trinajstić information content (AvgIpc) is 2.69. The predicted molar refractivity (Wildman–Crippen MR) is 96.1 cm³/mol. The molecule has 0 aromatic heterocycles. The minimum Gasteiger partial charge on any atom is -0.298 e. The quantitative estimate of drug-likeness (QED) is 0.384. The summed E-state index contributed by atoms with van der Waals surface area (Å²) in [6, 6.07) is 24.1. The van der Waals surface area contributed by atoms with Gasteiger partial charge in [-0.3, -0.25) is 14.4 Å². The van der Waals surface area contributed by atoms with Gasteiger partial charge in [-0.15, -0.1) is 0 Å². The highest BCUT2D eigenvalue weighted by Crippen LogP contribution is 2.27. The van der Waals surface area contributed by atoms with Crippen LogP contribution in [0.4, 0.5) is 0 Å². The number of hydrogen-bond donors (Lipinski definition) is 0. The van der Waals surface area contributed by atoms with Crippen molar-refractivity contribution in [3.8, 4) is 0 Å². The first-order valence-corrected chi connectivity index (χ1v) is 7.95. The molecule has 0 aliphatic rings. The number of rotatable bonds is 6. The lowest BCUT2D eigenvalue weighted by Crippen LogP contribution is -2.23. The number of carbonyl (C=O) groups is 3. The molecule has 0 aliphatic heterocycles. The van der Waals surface area contributed by atoms with Crippen molar-refractivity contribution in [3.63, 3.8) is 0 Å². The standard InChI is InChI=1S/C22H16O3/c23-15-18-13-7-8-14-19(18)20(21(24)16-9-3-1-4-10-16)22(25)17-11-5-2-6-12-17/h1-15,20H. The first-order valence-electron chi connectivity index (χ1n) is 7.95. The van der Waals surface area contributed by atoms with Crippen LogP contribution in [0.15, 0.2) is 84.9 Å². The molecule has 122 valence electrons. The molecule has 0 fully saturated rings. The smallest absolute Gasteiger partial charge is 0.178 e. The van der Waals surface area contributed by atoms with E-state index in [0.717, 1.165) is 0 Å². The summed E-state index contributed by atoms with van der Waals surface area (Å²) in [6.07, 6.45) is 0.679. The molecular formula is C22H16O3. The Morgan fingerprint density at radius 2 is 1.08 bits per heavy atom. The molecule has 3 aromatic carbocycles. The third-order valence-corrected chi connectivity index (χ3v) is 4.07. The lowest BCUT2D eigenvalue weighted by molar-refractivity contribution is 0.0860. The summed E-state index contributed by atoms with van der Waals surface area (Å²) in [6.45, 7) is 0. The van der Waals surface area contributed by atoms with Crippen LogP contribution < -0.4 is 0 Å². The average molecular weight is 328 g/mol. The van der Waals surface area contributed by atoms with E-state index in [0.29, 0.717) is 28.5 Å². The van der Waals surface area contributed by atoms with Crippen molar-refractivity contribution in [2.45, 2.75) is 5.92 Å². The second kappa shape index (κ2) is 7.49. The van der Waals surface area contributed by atoms with Gasteiger partial charge in [-0.25, -0.2) is 0 Å². The molecule has 0 spiro atoms. The van der Waals surface area contributed by atoms with Crippen molar-refractivity contribution < 1.29 is 14.4 Å². The van der Waals surface area contributed by atoms with Gasteiger partial charge < -0.3 is 0 Å². The van der Waals surface area contributed by atoms with Gasteiger partial charge in [0, 0.05) is 16.7 Å². The molecule has 0 aliphatic carbocycles. The Balaban J connectivity index is 2.13. The van der Waals surface area contributed by atoms with Gasteiger partial charge in [0.1, 0.15) is 12.2 Å². The second-order valence-electron chi connectivity index (χ2n) is 5.64. The summed E-state index contributed by atoms with van der Waals surface area (Å²) in [4.78, 5) is 37.6. The Morgan fingerprint density at radius 3 is 1.56 bits per heavy atom. The summed E-state index contributed by atoms with van der Waals surface area (Å²) < 4.78 is 0. The molecule has 0 radical (unpaired) electrons. The fraction of sp³-hybridized carbons (Fsp3) is 0.0455. The highest BCUT2D eigenvalue weighted by molar-refractivity contribution is 6.20. The maximum Gasteiger partial charge on any atom is 0.178 e. The number of benzene rings is 3. The molecule has 3 heteroatoms. The number of ketones is 2. The summed E-state index contributed by atoms with van der Waals surface area (Å²) >= 11 is 0. The molecule has 0 atom stereocenters. The van der Waals surface area contributed by atoms with Gasteiger partial charge in [0.2, 0.25) is 0 Å². The molecule has 3 nitrogen and oxygen atoms in total. The van der Waals surface area contributed by atoms with E-state index in [2.05, 4.69) is 0 Å². The van der Waals surface area contributed by atoms with Gasteiger partial charge in [0.05, 0.1) is 0 Å². The highest BCUT2D eigenvalue weighted by atomic mass is 16.2. The number of hydrogen-bond acceptors (Lipinski definition) is 3. The van der Waals surface area contributed by atoms with Crippen molar-refractivity contribution in [3.05, 3.63) is 107 Å². The summed E-state index contributed by atoms with van der Waals surface area (Å²) in [7, 11) is 0. The molecule has 0 saturated carbocycles. The number of carbonyl (C=O) groups excluding carboxylic acids is 3. The van der Waals surface area contributed by atoms with Crippen LogP contribution in [0.1, 0.15) is 42.6 Å². The van der Waals surface area contributed by atoms with Crippen molar-refractivity contribution in [2.75, 3.05) is 0 Å². The minimum atomic E-state index is -1.05. The van der Waals surface area contributed by atoms with E-state index in [9.17, 15) is 14.4 Å². The van der Waals surface area contributed by atoms with E-state index in [-0.39, 0.29) is 11.6 Å². The van der Waals surface area contributed by atoms with E-state index in [1.165, 1.54) is 0 Å². The van der Waals surface area contributed by atoms with Gasteiger partial charge in [-0.05, 0) is 5.56 Å². The van der Waals surface area contributed by atoms with Crippen molar-refractivity contribution in [1.29, 1.82) is 0 Å². The van der Waals surface area contributed by atoms with Crippen LogP contribution in [0.3, 0.4) is 0 Å². The third kappa shape index (κ3) is 3.45. The Bertz CT molecular complexity index is 847. The summed E-state index contributed by atoms with van der Waals surface area (Å²) in [5, 5.41) is 0. The fourth-order valence-corrected chi connectivity index (χ4v) is 2.82. The van der Waals surface area contributed by atoms with E-state index >= 15 is 0 Å². The molecule has 0 heterocycles. The lowest BCUT2D eigenvalue weighted by atomic mass is 9.82. The van der Waals surface area contributed by atoms with Gasteiger partial charge >= 0.3 is 0 Å². The number of Topliss-reactive ketones (excluding diaryl/α,β-unsaturated/α-hetero) is 2. The largest absolute Gasteiger partial charge is 0.298 e. The first kappa shape index (κ1) is 16.5. The van der Waals surface area contributed by atoms with Crippen molar-refractivity contribution in [2.24, 2.45) is 0 Å². The van der Waals surface area contributed by atoms with Crippen LogP contribution in [-0.4, -0.2) is 17.9 Å². The summed E-state index contributed by atoms with van der Waals surface area (Å²) in [5.41, 5.74) is 1.66. The molecule has 0 saturated heterocycles. The van der Waals surface area contributed by atoms with Crippen LogP contribution in [0.5, 0.6) is 0 Å². The van der Waals surface area contributed by atoms with Crippen LogP contribution in [0, 0.1) is 0 Å². The first-order chi connectivity index (χ1) is 12.2. The minimum absolute atomic E-state index is 0.316. The fourth-order valence-electron chi connectivity index (χ4n) is 2.82. The zero-order chi connectivity index (χ0) is 17.6. The molecular weight excluding hydrogens is 312 g/mol. The van der Waals surface area contributed by atoms with Crippen molar-refractivity contribution in [1.82, 2.24) is 0 Å². The maximum atomic E-state index is 13.1. The Morgan fingerprint density at radius 1 is 0.640 bits per heavy atom. The maximum absolute atomic E-state index is 13.1. The molecule has 0 amide bonds. The van der Waals surface area contributed by atoms with Gasteiger partial charge in [-0.1, -0.05) is 84.9 Å². The lowest BCUT2D eigenvalue weighted by Gasteiger charge is -2.17. The molecule has 3 rings (SSSR count). The van der Waals surface area contributed by atoms with Crippen LogP contribution >= 0.6 is 0 Å². The second-order valence-corrected chi connectivity index (χ2v) is 5.64. The van der Waals surface area contributed by atoms with E-state index in [4.69, 9.17) is 0 Å². The highest BCUT2D eigenvalue weighted by Gasteiger charge is 2.31. The van der Waals surface area contributed by atoms with Gasteiger partial charge in [0.15, 0.2) is 11.6 Å². The van der Waals surface area contributed by atoms with Gasteiger partial charge in [-0.2, -0.15) is 0 Å². The zero-order valence-corrected chi connectivity index (χ0v) is 13.5. The predicted octanol–water partition coefficient (Wildman–Crippen LogP) is 4.35. The summed E-state index contributed by atoms with van der Waals surface area (Å²) in [5.74, 6) is -1.68. The number of aldehydes is 1. The Kier molecular flexibility index (Phi) is 4.95. The molecule has 0 N–H and O–H groups in total. The van der Waals surface area contributed by atoms with E-state index in [1.54, 1.807) is 72.8 Å². The van der Waals surface area contributed by atoms with Crippen LogP contribution in [0.2, 0.25) is 0 Å². The zero-order valence-electron chi connectivity index (χ0n) is 13.5. The third-order valence-electron chi connectivity index (χ3n) is 4.07. The van der Waals surface area contributed by atoms with Crippen molar-refractivity contribution >= 4 is 17.9 Å². The van der Waals surface area contributed by atoms with Crippen LogP contribution in [0.25, 0.3) is 0 Å².